The molecule has 37 heavy (non-hydrogen) atoms. The van der Waals surface area contributed by atoms with E-state index in [9.17, 15) is 18.8 Å². The maximum atomic E-state index is 15.6. The standard InChI is InChI=1S/C31H25F2NO3/c1-30(2,3)29(37)26-25(21-10-6-7-11-22(21)33)31(27(35)19-8-4-5-9-20(19)28(31)36)24-15-12-17-16-18(32)13-14-23(17)34(24)26/h4-16,24-26H,1-3H3/t24-,25+,26-/m0/s1. The lowest BCUT2D eigenvalue weighted by Crippen LogP contribution is -2.49. The molecule has 6 rings (SSSR count). The van der Waals surface area contributed by atoms with Crippen LogP contribution in [0.25, 0.3) is 6.08 Å². The quantitative estimate of drug-likeness (QED) is 0.407. The summed E-state index contributed by atoms with van der Waals surface area (Å²) < 4.78 is 29.8. The first-order valence-electron chi connectivity index (χ1n) is 12.3. The Morgan fingerprint density at radius 2 is 1.51 bits per heavy atom. The van der Waals surface area contributed by atoms with Crippen LogP contribution in [0.4, 0.5) is 14.5 Å². The average Bonchev–Trinajstić information content (AvgIpc) is 3.29. The van der Waals surface area contributed by atoms with Crippen molar-refractivity contribution in [1.82, 2.24) is 0 Å². The maximum absolute atomic E-state index is 15.6. The number of nitrogens with zero attached hydrogens (tertiary/aromatic N) is 1. The van der Waals surface area contributed by atoms with Crippen molar-refractivity contribution in [3.05, 3.63) is 107 Å². The van der Waals surface area contributed by atoms with E-state index in [1.165, 1.54) is 18.2 Å². The van der Waals surface area contributed by atoms with Crippen LogP contribution in [-0.4, -0.2) is 29.4 Å². The van der Waals surface area contributed by atoms with Gasteiger partial charge in [0.05, 0.1) is 12.1 Å². The van der Waals surface area contributed by atoms with Gasteiger partial charge in [-0.3, -0.25) is 14.4 Å². The molecule has 6 heteroatoms. The molecular formula is C31H25F2NO3. The van der Waals surface area contributed by atoms with Crippen LogP contribution in [0, 0.1) is 22.5 Å². The minimum atomic E-state index is -1.76. The fraction of sp³-hybridized carbons (Fsp3) is 0.258. The smallest absolute Gasteiger partial charge is 0.180 e. The minimum absolute atomic E-state index is 0.145. The maximum Gasteiger partial charge on any atom is 0.180 e. The number of hydrogen-bond acceptors (Lipinski definition) is 4. The van der Waals surface area contributed by atoms with Crippen LogP contribution in [-0.2, 0) is 4.79 Å². The van der Waals surface area contributed by atoms with Crippen molar-refractivity contribution in [2.24, 2.45) is 10.8 Å². The lowest BCUT2D eigenvalue weighted by Gasteiger charge is -2.38. The number of anilines is 1. The topological polar surface area (TPSA) is 54.5 Å². The third kappa shape index (κ3) is 3.02. The van der Waals surface area contributed by atoms with Crippen molar-refractivity contribution in [2.75, 3.05) is 4.90 Å². The molecule has 3 atom stereocenters. The second kappa shape index (κ2) is 7.78. The van der Waals surface area contributed by atoms with E-state index in [4.69, 9.17) is 0 Å². The molecule has 3 aromatic carbocycles. The molecule has 1 fully saturated rings. The van der Waals surface area contributed by atoms with Crippen LogP contribution in [0.2, 0.25) is 0 Å². The molecule has 1 spiro atoms. The summed E-state index contributed by atoms with van der Waals surface area (Å²) in [5, 5.41) is 0. The normalized spacial score (nSPS) is 23.3. The molecule has 186 valence electrons. The van der Waals surface area contributed by atoms with Gasteiger partial charge in [-0.05, 0) is 29.8 Å². The number of hydrogen-bond donors (Lipinski definition) is 0. The van der Waals surface area contributed by atoms with E-state index in [1.807, 2.05) is 0 Å². The number of Topliss-reactive ketones (excluding diaryl/α,β-unsaturated/α-hetero) is 3. The fourth-order valence-corrected chi connectivity index (χ4v) is 6.46. The summed E-state index contributed by atoms with van der Waals surface area (Å²) in [7, 11) is 0. The summed E-state index contributed by atoms with van der Waals surface area (Å²) in [6, 6.07) is 15.0. The van der Waals surface area contributed by atoms with Gasteiger partial charge in [0, 0.05) is 33.7 Å². The van der Waals surface area contributed by atoms with Crippen molar-refractivity contribution < 1.29 is 23.2 Å². The number of halogens is 2. The minimum Gasteiger partial charge on any atom is -0.352 e. The van der Waals surface area contributed by atoms with Crippen LogP contribution in [0.5, 0.6) is 0 Å². The Labute approximate surface area is 213 Å². The fourth-order valence-electron chi connectivity index (χ4n) is 6.46. The first-order chi connectivity index (χ1) is 17.6. The second-order valence-corrected chi connectivity index (χ2v) is 11.0. The largest absolute Gasteiger partial charge is 0.352 e. The highest BCUT2D eigenvalue weighted by atomic mass is 19.1. The number of fused-ring (bicyclic) bond motifs is 5. The second-order valence-electron chi connectivity index (χ2n) is 11.0. The van der Waals surface area contributed by atoms with E-state index in [1.54, 1.807) is 86.4 Å². The molecule has 4 nitrogen and oxygen atoms in total. The van der Waals surface area contributed by atoms with Crippen molar-refractivity contribution in [2.45, 2.75) is 38.8 Å². The van der Waals surface area contributed by atoms with Crippen molar-refractivity contribution >= 4 is 29.1 Å². The van der Waals surface area contributed by atoms with Crippen LogP contribution in [0.1, 0.15) is 58.5 Å². The van der Waals surface area contributed by atoms with Gasteiger partial charge in [0.2, 0.25) is 0 Å². The lowest BCUT2D eigenvalue weighted by molar-refractivity contribution is -0.127. The van der Waals surface area contributed by atoms with Crippen LogP contribution in [0.3, 0.4) is 0 Å². The van der Waals surface area contributed by atoms with Crippen LogP contribution < -0.4 is 4.90 Å². The highest BCUT2D eigenvalue weighted by Crippen LogP contribution is 2.61. The summed E-state index contributed by atoms with van der Waals surface area (Å²) in [6.45, 7) is 5.31. The Bertz CT molecular complexity index is 1500. The van der Waals surface area contributed by atoms with Gasteiger partial charge in [-0.25, -0.2) is 8.78 Å². The van der Waals surface area contributed by atoms with Gasteiger partial charge in [0.1, 0.15) is 17.0 Å². The first kappa shape index (κ1) is 23.5. The molecule has 0 amide bonds. The first-order valence-corrected chi connectivity index (χ1v) is 12.3. The van der Waals surface area contributed by atoms with Gasteiger partial charge in [-0.15, -0.1) is 0 Å². The Hall–Kier alpha value is -3.93. The summed E-state index contributed by atoms with van der Waals surface area (Å²) in [5.74, 6) is -3.20. The Kier molecular flexibility index (Phi) is 4.94. The predicted octanol–water partition coefficient (Wildman–Crippen LogP) is 6.01. The molecule has 2 aliphatic heterocycles. The molecule has 0 radical (unpaired) electrons. The van der Waals surface area contributed by atoms with Crippen LogP contribution in [0.15, 0.2) is 72.8 Å². The highest BCUT2D eigenvalue weighted by Gasteiger charge is 2.72. The predicted molar refractivity (Wildman–Crippen MR) is 137 cm³/mol. The number of carbonyl (C=O) groups is 3. The van der Waals surface area contributed by atoms with Crippen molar-refractivity contribution in [3.63, 3.8) is 0 Å². The van der Waals surface area contributed by atoms with E-state index < -0.39 is 52.0 Å². The highest BCUT2D eigenvalue weighted by molar-refractivity contribution is 6.32. The summed E-state index contributed by atoms with van der Waals surface area (Å²) in [6.07, 6.45) is 3.39. The third-order valence-electron chi connectivity index (χ3n) is 8.01. The Balaban J connectivity index is 1.72. The molecule has 0 saturated carbocycles. The van der Waals surface area contributed by atoms with Crippen LogP contribution >= 0.6 is 0 Å². The number of rotatable bonds is 2. The van der Waals surface area contributed by atoms with Gasteiger partial charge in [0.25, 0.3) is 0 Å². The zero-order chi connectivity index (χ0) is 26.3. The van der Waals surface area contributed by atoms with Gasteiger partial charge in [0.15, 0.2) is 17.3 Å². The summed E-state index contributed by atoms with van der Waals surface area (Å²) in [5.41, 5.74) is -0.879. The van der Waals surface area contributed by atoms with E-state index in [0.717, 1.165) is 0 Å². The molecule has 3 aliphatic rings. The monoisotopic (exact) mass is 497 g/mol. The molecule has 2 heterocycles. The molecule has 0 aromatic heterocycles. The molecular weight excluding hydrogens is 472 g/mol. The third-order valence-corrected chi connectivity index (χ3v) is 8.01. The zero-order valence-corrected chi connectivity index (χ0v) is 20.7. The van der Waals surface area contributed by atoms with E-state index >= 15 is 4.39 Å². The van der Waals surface area contributed by atoms with Gasteiger partial charge in [-0.2, -0.15) is 0 Å². The molecule has 3 aromatic rings. The summed E-state index contributed by atoms with van der Waals surface area (Å²) in [4.78, 5) is 44.8. The number of benzene rings is 3. The SMILES string of the molecule is CC(C)(C)C(=O)[C@@H]1[C@@H](c2ccccc2F)C2(C(=O)c3ccccc3C2=O)[C@@H]2C=Cc3cc(F)ccc3N12. The summed E-state index contributed by atoms with van der Waals surface area (Å²) >= 11 is 0. The Morgan fingerprint density at radius 1 is 0.892 bits per heavy atom. The van der Waals surface area contributed by atoms with E-state index in [-0.39, 0.29) is 22.5 Å². The molecule has 0 bridgehead atoms. The lowest BCUT2D eigenvalue weighted by atomic mass is 9.63. The molecule has 0 unspecified atom stereocenters. The number of carbonyl (C=O) groups excluding carboxylic acids is 3. The molecule has 1 aliphatic carbocycles. The zero-order valence-electron chi connectivity index (χ0n) is 20.7. The van der Waals surface area contributed by atoms with E-state index in [0.29, 0.717) is 11.3 Å². The average molecular weight is 498 g/mol. The van der Waals surface area contributed by atoms with Gasteiger partial charge in [-0.1, -0.05) is 75.4 Å². The van der Waals surface area contributed by atoms with Gasteiger partial charge >= 0.3 is 0 Å². The molecule has 1 saturated heterocycles. The Morgan fingerprint density at radius 3 is 2.14 bits per heavy atom. The molecule has 0 N–H and O–H groups in total. The van der Waals surface area contributed by atoms with Crippen molar-refractivity contribution in [1.29, 1.82) is 0 Å². The number of ketones is 3. The van der Waals surface area contributed by atoms with Gasteiger partial charge < -0.3 is 4.90 Å². The van der Waals surface area contributed by atoms with E-state index in [2.05, 4.69) is 0 Å². The van der Waals surface area contributed by atoms with Crippen molar-refractivity contribution in [3.8, 4) is 0 Å².